The van der Waals surface area contributed by atoms with E-state index in [9.17, 15) is 74.7 Å². The van der Waals surface area contributed by atoms with Crippen molar-refractivity contribution in [2.75, 3.05) is 66.5 Å². The Bertz CT molecular complexity index is 4020. The molecule has 0 unspecified atom stereocenters. The summed E-state index contributed by atoms with van der Waals surface area (Å²) in [4.78, 5) is 40.1. The van der Waals surface area contributed by atoms with Crippen molar-refractivity contribution in [2.45, 2.75) is 106 Å². The predicted molar refractivity (Wildman–Crippen MR) is 326 cm³/mol. The minimum atomic E-state index is -4.68. The molecule has 1 fully saturated rings. The number of allylic oxidation sites excluding steroid dienone is 8. The van der Waals surface area contributed by atoms with Crippen LogP contribution in [0.3, 0.4) is 0 Å². The zero-order chi connectivity index (χ0) is 62.0. The summed E-state index contributed by atoms with van der Waals surface area (Å²) >= 11 is 1.22. The van der Waals surface area contributed by atoms with Gasteiger partial charge in [-0.15, -0.1) is 11.8 Å². The predicted octanol–water partition coefficient (Wildman–Crippen LogP) is 8.38. The van der Waals surface area contributed by atoms with E-state index in [1.54, 1.807) is 42.5 Å². The van der Waals surface area contributed by atoms with Gasteiger partial charge in [0.1, 0.15) is 4.90 Å². The average Bonchev–Trinajstić information content (AvgIpc) is 1.67. The van der Waals surface area contributed by atoms with Crippen LogP contribution in [-0.2, 0) is 75.7 Å². The van der Waals surface area contributed by atoms with Crippen molar-refractivity contribution in [1.82, 2.24) is 9.21 Å². The molecule has 1 aliphatic carbocycles. The summed E-state index contributed by atoms with van der Waals surface area (Å²) in [7, 11) is -20.5. The molecule has 0 atom stereocenters. The number of amides is 2. The number of hydrogen-bond acceptors (Lipinski definition) is 16. The third-order valence-electron chi connectivity index (χ3n) is 15.3. The number of ketones is 1. The second-order valence-corrected chi connectivity index (χ2v) is 31.2. The summed E-state index contributed by atoms with van der Waals surface area (Å²) < 4.78 is 166. The lowest BCUT2D eigenvalue weighted by Crippen LogP contribution is -2.34. The zero-order valence-corrected chi connectivity index (χ0v) is 52.1. The molecule has 4 aromatic rings. The minimum absolute atomic E-state index is 0.00186. The average molecular weight is 1280 g/mol. The Hall–Kier alpha value is -5.59. The van der Waals surface area contributed by atoms with E-state index in [-0.39, 0.29) is 91.4 Å². The van der Waals surface area contributed by atoms with Crippen molar-refractivity contribution in [3.63, 3.8) is 0 Å². The lowest BCUT2D eigenvalue weighted by molar-refractivity contribution is -0.141. The van der Waals surface area contributed by atoms with Crippen molar-refractivity contribution < 1.29 is 74.7 Å². The van der Waals surface area contributed by atoms with E-state index >= 15 is 0 Å². The molecule has 7 rings (SSSR count). The number of likely N-dealkylation sites (tertiary alicyclic amines) is 1. The van der Waals surface area contributed by atoms with Crippen LogP contribution in [-0.4, -0.2) is 143 Å². The fraction of sp³-hybridized carbons (Fsp3) is 0.421. The molecule has 2 amide bonds. The number of fused-ring (bicyclic) bond motifs is 4. The van der Waals surface area contributed by atoms with Crippen LogP contribution in [0.5, 0.6) is 0 Å². The number of Topliss-reactive ketones (excluding diaryl/α,β-unsaturated/α-hetero) is 1. The summed E-state index contributed by atoms with van der Waals surface area (Å²) in [6.07, 6.45) is 9.35. The standard InChI is InChI=1S/C57H70N4O17S6/c1-38(56(2,3)53-44-16-9-19-49(84(76,77)78)43(44)23-25-46(53)58-30-11-34-80(65,66)67)20-21-39-13-7-14-40(55(39)79-33-36-82(71,72)73)22-27-50-57(4,5)54-45-17-8-18-48(42(45)24-26-47(54)60(50)32-12-35-81(68,69)70)83(74,75)59(6)31-10-15-41(62)37-61-51(63)28-29-52(61)64/h8-9,16-27,58H,1,7,10-15,28-37H2,2-6H3,(H,65,66,67)(H,68,69,70)(H,71,72,73)(H,76,77,78)/b21-20+,40-22+,50-27+. The highest BCUT2D eigenvalue weighted by molar-refractivity contribution is 8.04. The molecule has 2 heterocycles. The summed E-state index contributed by atoms with van der Waals surface area (Å²) in [5.74, 6) is -2.87. The number of imide groups is 1. The second-order valence-electron chi connectivity index (χ2n) is 22.0. The van der Waals surface area contributed by atoms with Crippen molar-refractivity contribution in [1.29, 1.82) is 0 Å². The summed E-state index contributed by atoms with van der Waals surface area (Å²) in [6, 6.07) is 16.0. The van der Waals surface area contributed by atoms with Gasteiger partial charge in [0, 0.05) is 95.3 Å². The molecular formula is C57H70N4O17S6. The molecule has 21 nitrogen and oxygen atoms in total. The van der Waals surface area contributed by atoms with Gasteiger partial charge in [0.25, 0.3) is 40.5 Å². The highest BCUT2D eigenvalue weighted by Crippen LogP contribution is 2.52. The number of sulfonamides is 1. The first-order valence-corrected chi connectivity index (χ1v) is 35.7. The maximum Gasteiger partial charge on any atom is 0.295 e. The van der Waals surface area contributed by atoms with Crippen LogP contribution in [0.2, 0.25) is 0 Å². The largest absolute Gasteiger partial charge is 0.385 e. The topological polar surface area (TPSA) is 325 Å². The molecular weight excluding hydrogens is 1210 g/mol. The highest BCUT2D eigenvalue weighted by atomic mass is 32.2. The Labute approximate surface area is 496 Å². The van der Waals surface area contributed by atoms with Gasteiger partial charge >= 0.3 is 0 Å². The van der Waals surface area contributed by atoms with Gasteiger partial charge < -0.3 is 10.2 Å². The van der Waals surface area contributed by atoms with Gasteiger partial charge in [0.05, 0.1) is 28.7 Å². The molecule has 0 radical (unpaired) electrons. The third-order valence-corrected chi connectivity index (χ3v) is 22.0. The third kappa shape index (κ3) is 15.5. The van der Waals surface area contributed by atoms with Crippen LogP contribution in [0.1, 0.15) is 96.6 Å². The number of nitrogens with zero attached hydrogens (tertiary/aromatic N) is 3. The number of benzene rings is 4. The number of anilines is 2. The first-order chi connectivity index (χ1) is 39.0. The second kappa shape index (κ2) is 25.8. The van der Waals surface area contributed by atoms with Crippen LogP contribution in [0.4, 0.5) is 11.4 Å². The van der Waals surface area contributed by atoms with Crippen molar-refractivity contribution >= 4 is 113 Å². The summed E-state index contributed by atoms with van der Waals surface area (Å²) in [5, 5.41) is 4.88. The molecule has 2 aliphatic heterocycles. The van der Waals surface area contributed by atoms with E-state index in [4.69, 9.17) is 0 Å². The Balaban J connectivity index is 1.26. The molecule has 27 heteroatoms. The lowest BCUT2D eigenvalue weighted by Gasteiger charge is -2.31. The molecule has 456 valence electrons. The van der Waals surface area contributed by atoms with E-state index in [0.29, 0.717) is 68.5 Å². The van der Waals surface area contributed by atoms with Gasteiger partial charge in [0.15, 0.2) is 5.78 Å². The maximum absolute atomic E-state index is 14.4. The smallest absolute Gasteiger partial charge is 0.295 e. The Morgan fingerprint density at radius 3 is 1.99 bits per heavy atom. The molecule has 84 heavy (non-hydrogen) atoms. The van der Waals surface area contributed by atoms with E-state index in [0.717, 1.165) is 25.9 Å². The van der Waals surface area contributed by atoms with Crippen LogP contribution >= 0.6 is 11.8 Å². The normalized spacial score (nSPS) is 17.5. The number of thioether (sulfide) groups is 1. The molecule has 0 aromatic heterocycles. The van der Waals surface area contributed by atoms with Gasteiger partial charge in [-0.25, -0.2) is 12.7 Å². The molecule has 0 saturated carbocycles. The fourth-order valence-corrected chi connectivity index (χ4v) is 16.3. The van der Waals surface area contributed by atoms with Gasteiger partial charge in [-0.1, -0.05) is 88.9 Å². The van der Waals surface area contributed by atoms with Gasteiger partial charge in [-0.05, 0) is 107 Å². The van der Waals surface area contributed by atoms with Gasteiger partial charge in [-0.2, -0.15) is 33.7 Å². The number of carbonyl (C=O) groups excluding carboxylic acids is 3. The molecule has 0 spiro atoms. The minimum Gasteiger partial charge on any atom is -0.385 e. The molecule has 3 aliphatic rings. The quantitative estimate of drug-likeness (QED) is 0.0162. The van der Waals surface area contributed by atoms with E-state index < -0.39 is 90.4 Å². The Morgan fingerprint density at radius 2 is 1.35 bits per heavy atom. The summed E-state index contributed by atoms with van der Waals surface area (Å²) in [6.45, 7) is 11.9. The van der Waals surface area contributed by atoms with Gasteiger partial charge in [-0.3, -0.25) is 37.5 Å². The van der Waals surface area contributed by atoms with Crippen LogP contribution < -0.4 is 10.2 Å². The number of hydrogen-bond donors (Lipinski definition) is 5. The number of nitrogens with one attached hydrogen (secondary N) is 1. The van der Waals surface area contributed by atoms with E-state index in [1.165, 1.54) is 43.1 Å². The van der Waals surface area contributed by atoms with Crippen LogP contribution in [0.15, 0.2) is 129 Å². The molecule has 1 saturated heterocycles. The van der Waals surface area contributed by atoms with Gasteiger partial charge in [0.2, 0.25) is 21.8 Å². The van der Waals surface area contributed by atoms with Crippen LogP contribution in [0, 0.1) is 0 Å². The number of carbonyl (C=O) groups is 3. The lowest BCUT2D eigenvalue weighted by atomic mass is 9.75. The zero-order valence-electron chi connectivity index (χ0n) is 47.2. The first kappa shape index (κ1) is 65.9. The summed E-state index contributed by atoms with van der Waals surface area (Å²) in [5.41, 5.74) is 3.37. The maximum atomic E-state index is 14.4. The Kier molecular flexibility index (Phi) is 20.2. The van der Waals surface area contributed by atoms with E-state index in [2.05, 4.69) is 11.9 Å². The molecule has 0 bridgehead atoms. The monoisotopic (exact) mass is 1270 g/mol. The SMILES string of the molecule is C=C(/C=C/C1=C(SCCS(=O)(=O)O)C(=C/C=C2/N(CCCS(=O)(=O)O)c3ccc4c(S(=O)(=O)N(C)CCCC(=O)CN5C(=O)CCC5=O)cccc4c3C2(C)C)/CCC1)C(C)(C)c1c(NCCCS(=O)(=O)O)ccc2c(S(=O)(=O)O)cccc12. The molecule has 4 aromatic carbocycles. The van der Waals surface area contributed by atoms with Crippen molar-refractivity contribution in [3.8, 4) is 0 Å². The molecule has 5 N–H and O–H groups in total. The van der Waals surface area contributed by atoms with E-state index in [1.807, 2.05) is 50.8 Å². The Morgan fingerprint density at radius 1 is 0.738 bits per heavy atom. The van der Waals surface area contributed by atoms with Crippen LogP contribution in [0.25, 0.3) is 21.5 Å². The van der Waals surface area contributed by atoms with Crippen molar-refractivity contribution in [2.24, 2.45) is 0 Å². The highest BCUT2D eigenvalue weighted by Gasteiger charge is 2.42. The fourth-order valence-electron chi connectivity index (χ4n) is 11.1. The first-order valence-electron chi connectivity index (χ1n) is 27.0. The van der Waals surface area contributed by atoms with Crippen molar-refractivity contribution in [3.05, 3.63) is 130 Å². The number of rotatable bonds is 27.